The van der Waals surface area contributed by atoms with Gasteiger partial charge in [0, 0.05) is 51.6 Å². The maximum absolute atomic E-state index is 14.2. The van der Waals surface area contributed by atoms with Crippen LogP contribution in [0.5, 0.6) is 5.75 Å². The van der Waals surface area contributed by atoms with Gasteiger partial charge < -0.3 is 19.9 Å². The maximum atomic E-state index is 14.2. The highest BCUT2D eigenvalue weighted by molar-refractivity contribution is 6.03. The lowest BCUT2D eigenvalue weighted by atomic mass is 9.82. The molecule has 5 rings (SSSR count). The van der Waals surface area contributed by atoms with Crippen molar-refractivity contribution < 1.29 is 14.3 Å². The molecule has 3 aromatic carbocycles. The van der Waals surface area contributed by atoms with E-state index in [0.29, 0.717) is 26.1 Å². The first kappa shape index (κ1) is 31.5. The molecular weight excluding hydrogens is 546 g/mol. The monoisotopic (exact) mass is 593 g/mol. The average Bonchev–Trinajstić information content (AvgIpc) is 2.99. The van der Waals surface area contributed by atoms with Crippen molar-refractivity contribution in [3.63, 3.8) is 0 Å². The minimum Gasteiger partial charge on any atom is -0.490 e. The number of carbonyl (C=O) groups excluding carboxylic acids is 2. The van der Waals surface area contributed by atoms with Crippen LogP contribution in [0.3, 0.4) is 0 Å². The highest BCUT2D eigenvalue weighted by Crippen LogP contribution is 2.35. The van der Waals surface area contributed by atoms with E-state index >= 15 is 0 Å². The Morgan fingerprint density at radius 1 is 0.977 bits per heavy atom. The van der Waals surface area contributed by atoms with Crippen molar-refractivity contribution in [1.29, 1.82) is 0 Å². The summed E-state index contributed by atoms with van der Waals surface area (Å²) < 4.78 is 6.49. The number of nitrogens with one attached hydrogen (secondary N) is 1. The largest absolute Gasteiger partial charge is 0.490 e. The number of likely N-dealkylation sites (N-methyl/N-ethyl adjacent to an activating group) is 1. The molecule has 2 heterocycles. The van der Waals surface area contributed by atoms with Gasteiger partial charge in [-0.1, -0.05) is 93.6 Å². The van der Waals surface area contributed by atoms with E-state index in [-0.39, 0.29) is 35.4 Å². The van der Waals surface area contributed by atoms with Crippen LogP contribution in [0.4, 0.5) is 0 Å². The Hall–Kier alpha value is -3.90. The Labute approximate surface area is 263 Å². The second-order valence-electron chi connectivity index (χ2n) is 13.5. The summed E-state index contributed by atoms with van der Waals surface area (Å²) in [5, 5.41) is 3.67. The second kappa shape index (κ2) is 13.4. The highest BCUT2D eigenvalue weighted by Gasteiger charge is 2.39. The minimum absolute atomic E-state index is 0.00898. The number of hydrogen-bond acceptors (Lipinski definition) is 4. The molecule has 6 nitrogen and oxygen atoms in total. The van der Waals surface area contributed by atoms with Crippen LogP contribution in [0.1, 0.15) is 63.3 Å². The molecule has 2 aliphatic rings. The van der Waals surface area contributed by atoms with Crippen LogP contribution in [0, 0.1) is 0 Å². The molecule has 44 heavy (non-hydrogen) atoms. The molecule has 0 radical (unpaired) electrons. The molecule has 0 aliphatic carbocycles. The van der Waals surface area contributed by atoms with Gasteiger partial charge in [-0.3, -0.25) is 9.59 Å². The molecule has 2 amide bonds. The van der Waals surface area contributed by atoms with E-state index in [0.717, 1.165) is 35.3 Å². The molecule has 1 fully saturated rings. The number of hydrogen-bond donors (Lipinski definition) is 1. The number of ether oxygens (including phenoxy) is 1. The first-order valence-electron chi connectivity index (χ1n) is 15.9. The number of piperazine rings is 1. The van der Waals surface area contributed by atoms with Crippen LogP contribution < -0.4 is 10.1 Å². The van der Waals surface area contributed by atoms with Crippen molar-refractivity contribution in [2.45, 2.75) is 77.5 Å². The minimum atomic E-state index is -0.201. The number of fused-ring (bicyclic) bond motifs is 2. The quantitative estimate of drug-likeness (QED) is 0.329. The Bertz CT molecular complexity index is 1510. The van der Waals surface area contributed by atoms with Crippen molar-refractivity contribution in [3.8, 4) is 5.75 Å². The van der Waals surface area contributed by atoms with Crippen molar-refractivity contribution in [1.82, 2.24) is 15.1 Å². The van der Waals surface area contributed by atoms with Crippen molar-refractivity contribution >= 4 is 17.4 Å². The normalized spacial score (nSPS) is 19.0. The van der Waals surface area contributed by atoms with E-state index in [1.165, 1.54) is 16.7 Å². The Morgan fingerprint density at radius 2 is 1.68 bits per heavy atom. The van der Waals surface area contributed by atoms with Crippen LogP contribution in [-0.4, -0.2) is 66.5 Å². The first-order chi connectivity index (χ1) is 21.0. The van der Waals surface area contributed by atoms with Gasteiger partial charge >= 0.3 is 0 Å². The van der Waals surface area contributed by atoms with Crippen LogP contribution in [0.25, 0.3) is 5.57 Å². The molecule has 0 aromatic heterocycles. The number of carbonyl (C=O) groups is 2. The van der Waals surface area contributed by atoms with E-state index in [2.05, 4.69) is 87.6 Å². The number of nitrogens with zero attached hydrogens (tertiary/aromatic N) is 2. The zero-order chi connectivity index (χ0) is 31.4. The van der Waals surface area contributed by atoms with Crippen LogP contribution in [-0.2, 0) is 27.8 Å². The second-order valence-corrected chi connectivity index (χ2v) is 13.5. The van der Waals surface area contributed by atoms with E-state index in [1.54, 1.807) is 6.92 Å². The van der Waals surface area contributed by atoms with Gasteiger partial charge in [0.05, 0.1) is 12.1 Å². The molecule has 232 valence electrons. The lowest BCUT2D eigenvalue weighted by molar-refractivity contribution is -0.132. The van der Waals surface area contributed by atoms with E-state index < -0.39 is 0 Å². The Balaban J connectivity index is 1.41. The van der Waals surface area contributed by atoms with E-state index in [4.69, 9.17) is 4.74 Å². The zero-order valence-corrected chi connectivity index (χ0v) is 27.1. The molecule has 3 atom stereocenters. The summed E-state index contributed by atoms with van der Waals surface area (Å²) in [6, 6.07) is 27.1. The highest BCUT2D eigenvalue weighted by atomic mass is 16.5. The van der Waals surface area contributed by atoms with Gasteiger partial charge in [0.2, 0.25) is 5.91 Å². The predicted octanol–water partition coefficient (Wildman–Crippen LogP) is 6.04. The van der Waals surface area contributed by atoms with Crippen LogP contribution >= 0.6 is 0 Å². The molecule has 2 aliphatic heterocycles. The first-order valence-corrected chi connectivity index (χ1v) is 15.9. The summed E-state index contributed by atoms with van der Waals surface area (Å²) in [4.78, 5) is 30.3. The van der Waals surface area contributed by atoms with Crippen molar-refractivity contribution in [3.05, 3.63) is 107 Å². The third-order valence-corrected chi connectivity index (χ3v) is 8.83. The molecule has 1 saturated heterocycles. The van der Waals surface area contributed by atoms with Crippen LogP contribution in [0.2, 0.25) is 0 Å². The topological polar surface area (TPSA) is 61.9 Å². The summed E-state index contributed by atoms with van der Waals surface area (Å²) in [5.41, 5.74) is 6.52. The van der Waals surface area contributed by atoms with E-state index in [1.807, 2.05) is 41.1 Å². The predicted molar refractivity (Wildman–Crippen MR) is 178 cm³/mol. The SMILES string of the molecule is CC(=O)N1C[C@H]2CC(c3cccc(CC(C)Oc4ccccc4C(C)(C)C)c3)=C(C(=O)N(C)CCc3ccccc3)[C@@H](C1)N2. The lowest BCUT2D eigenvalue weighted by Crippen LogP contribution is -2.61. The Morgan fingerprint density at radius 3 is 2.41 bits per heavy atom. The van der Waals surface area contributed by atoms with Crippen molar-refractivity contribution in [2.75, 3.05) is 26.7 Å². The summed E-state index contributed by atoms with van der Waals surface area (Å²) in [5.74, 6) is 1.01. The molecule has 1 N–H and O–H groups in total. The van der Waals surface area contributed by atoms with Gasteiger partial charge in [0.25, 0.3) is 5.91 Å². The van der Waals surface area contributed by atoms with Crippen molar-refractivity contribution in [2.24, 2.45) is 0 Å². The molecule has 1 unspecified atom stereocenters. The fraction of sp³-hybridized carbons (Fsp3) is 0.421. The maximum Gasteiger partial charge on any atom is 0.251 e. The molecule has 3 aromatic rings. The van der Waals surface area contributed by atoms with Crippen LogP contribution in [0.15, 0.2) is 84.4 Å². The van der Waals surface area contributed by atoms with Gasteiger partial charge in [-0.15, -0.1) is 0 Å². The number of amides is 2. The summed E-state index contributed by atoms with van der Waals surface area (Å²) >= 11 is 0. The smallest absolute Gasteiger partial charge is 0.251 e. The molecular formula is C38H47N3O3. The zero-order valence-electron chi connectivity index (χ0n) is 27.1. The fourth-order valence-electron chi connectivity index (χ4n) is 6.54. The standard InChI is InChI=1S/C38H47N3O3/c1-26(44-35-18-11-10-17-33(35)38(3,4)5)21-29-15-12-16-30(22-29)32-23-31-24-41(27(2)42)25-34(39-31)36(32)37(43)40(6)20-19-28-13-8-7-9-14-28/h7-18,22,26,31,34,39H,19-21,23-25H2,1-6H3/t26?,31-,34-/m1/s1. The lowest BCUT2D eigenvalue weighted by Gasteiger charge is -2.44. The molecule has 0 saturated carbocycles. The Kier molecular flexibility index (Phi) is 9.59. The summed E-state index contributed by atoms with van der Waals surface area (Å²) in [6.07, 6.45) is 2.22. The number of rotatable bonds is 9. The summed E-state index contributed by atoms with van der Waals surface area (Å²) in [7, 11) is 1.89. The fourth-order valence-corrected chi connectivity index (χ4v) is 6.54. The number of benzene rings is 3. The third kappa shape index (κ3) is 7.41. The van der Waals surface area contributed by atoms with Gasteiger partial charge in [0.1, 0.15) is 5.75 Å². The molecule has 2 bridgehead atoms. The van der Waals surface area contributed by atoms with E-state index in [9.17, 15) is 9.59 Å². The molecule has 6 heteroatoms. The average molecular weight is 594 g/mol. The van der Waals surface area contributed by atoms with Gasteiger partial charge in [-0.2, -0.15) is 0 Å². The third-order valence-electron chi connectivity index (χ3n) is 8.83. The van der Waals surface area contributed by atoms with Gasteiger partial charge in [0.15, 0.2) is 0 Å². The number of para-hydroxylation sites is 1. The summed E-state index contributed by atoms with van der Waals surface area (Å²) in [6.45, 7) is 12.1. The van der Waals surface area contributed by atoms with Gasteiger partial charge in [-0.25, -0.2) is 0 Å². The van der Waals surface area contributed by atoms with Gasteiger partial charge in [-0.05, 0) is 59.1 Å². The molecule has 0 spiro atoms.